The predicted octanol–water partition coefficient (Wildman–Crippen LogP) is 4.78. The molecule has 0 saturated carbocycles. The average Bonchev–Trinajstić information content (AvgIpc) is 3.39. The second-order valence-corrected chi connectivity index (χ2v) is 8.57. The molecule has 1 saturated heterocycles. The Morgan fingerprint density at radius 1 is 1.03 bits per heavy atom. The summed E-state index contributed by atoms with van der Waals surface area (Å²) in [4.78, 5) is 26.7. The first kappa shape index (κ1) is 22.6. The van der Waals surface area contributed by atoms with Crippen LogP contribution in [-0.4, -0.2) is 33.6 Å². The van der Waals surface area contributed by atoms with Gasteiger partial charge in [-0.05, 0) is 42.0 Å². The number of anilines is 1. The Morgan fingerprint density at radius 3 is 2.51 bits per heavy atom. The number of fused-ring (bicyclic) bond motifs is 1. The highest BCUT2D eigenvalue weighted by molar-refractivity contribution is 6.00. The van der Waals surface area contributed by atoms with Gasteiger partial charge in [-0.2, -0.15) is 13.9 Å². The fourth-order valence-electron chi connectivity index (χ4n) is 4.48. The molecule has 9 heteroatoms. The summed E-state index contributed by atoms with van der Waals surface area (Å²) in [6, 6.07) is 18.8. The molecule has 6 nitrogen and oxygen atoms in total. The summed E-state index contributed by atoms with van der Waals surface area (Å²) in [6.07, 6.45) is 1.49. The van der Waals surface area contributed by atoms with Gasteiger partial charge in [0.25, 0.3) is 5.91 Å². The van der Waals surface area contributed by atoms with Gasteiger partial charge >= 0.3 is 5.92 Å². The van der Waals surface area contributed by atoms with Crippen molar-refractivity contribution in [2.75, 3.05) is 4.90 Å². The number of amides is 2. The second-order valence-electron chi connectivity index (χ2n) is 8.57. The lowest BCUT2D eigenvalue weighted by atomic mass is 9.99. The number of carbonyl (C=O) groups excluding carboxylic acids is 2. The molecule has 3 aromatic carbocycles. The van der Waals surface area contributed by atoms with E-state index in [1.165, 1.54) is 17.0 Å². The Kier molecular flexibility index (Phi) is 5.55. The molecule has 1 aliphatic heterocycles. The molecule has 1 unspecified atom stereocenters. The van der Waals surface area contributed by atoms with Crippen molar-refractivity contribution in [1.29, 1.82) is 0 Å². The van der Waals surface area contributed by atoms with Gasteiger partial charge in [0.05, 0.1) is 29.5 Å². The molecule has 1 aromatic heterocycles. The largest absolute Gasteiger partial charge is 0.345 e. The van der Waals surface area contributed by atoms with Crippen molar-refractivity contribution in [3.8, 4) is 5.69 Å². The van der Waals surface area contributed by atoms with E-state index in [-0.39, 0.29) is 18.1 Å². The number of nitrogens with one attached hydrogen (secondary N) is 1. The number of nitrogens with zero attached hydrogens (tertiary/aromatic N) is 3. The minimum Gasteiger partial charge on any atom is -0.345 e. The highest BCUT2D eigenvalue weighted by Gasteiger charge is 2.45. The maximum absolute atomic E-state index is 13.7. The van der Waals surface area contributed by atoms with Gasteiger partial charge in [-0.3, -0.25) is 9.59 Å². The van der Waals surface area contributed by atoms with Crippen LogP contribution in [-0.2, 0) is 9.59 Å². The van der Waals surface area contributed by atoms with Crippen LogP contribution >= 0.6 is 0 Å². The summed E-state index contributed by atoms with van der Waals surface area (Å²) in [5.74, 6) is -5.69. The van der Waals surface area contributed by atoms with Crippen molar-refractivity contribution >= 4 is 28.4 Å². The Balaban J connectivity index is 1.54. The van der Waals surface area contributed by atoms with E-state index in [1.807, 2.05) is 6.07 Å². The number of hydrogen-bond acceptors (Lipinski definition) is 3. The van der Waals surface area contributed by atoms with Crippen LogP contribution in [0.5, 0.6) is 0 Å². The third kappa shape index (κ3) is 4.25. The lowest BCUT2D eigenvalue weighted by molar-refractivity contribution is -0.143. The zero-order valence-corrected chi connectivity index (χ0v) is 18.7. The van der Waals surface area contributed by atoms with Gasteiger partial charge in [0.15, 0.2) is 0 Å². The molecule has 0 aliphatic carbocycles. The summed E-state index contributed by atoms with van der Waals surface area (Å²) < 4.78 is 42.5. The summed E-state index contributed by atoms with van der Waals surface area (Å²) in [7, 11) is 0. The van der Waals surface area contributed by atoms with Crippen LogP contribution in [0.1, 0.15) is 24.9 Å². The zero-order chi connectivity index (χ0) is 24.7. The van der Waals surface area contributed by atoms with Crippen molar-refractivity contribution in [3.05, 3.63) is 90.4 Å². The third-order valence-corrected chi connectivity index (χ3v) is 6.06. The van der Waals surface area contributed by atoms with Crippen molar-refractivity contribution < 1.29 is 22.8 Å². The van der Waals surface area contributed by atoms with Crippen molar-refractivity contribution in [2.45, 2.75) is 31.4 Å². The van der Waals surface area contributed by atoms with Gasteiger partial charge in [0, 0.05) is 24.4 Å². The minimum atomic E-state index is -3.57. The molecule has 1 N–H and O–H groups in total. The topological polar surface area (TPSA) is 67.2 Å². The molecule has 5 rings (SSSR count). The normalized spacial score (nSPS) is 18.3. The molecule has 0 spiro atoms. The summed E-state index contributed by atoms with van der Waals surface area (Å²) in [5.41, 5.74) is 2.50. The SMILES string of the molecule is CC(F)(F)C(=O)N[C@H]1CC(=O)N(c2ccc3c(cnn3-c3cccc(F)c3)c2)C1c1ccccc1. The molecule has 2 amide bonds. The number of halogens is 3. The van der Waals surface area contributed by atoms with Crippen LogP contribution in [0.2, 0.25) is 0 Å². The minimum absolute atomic E-state index is 0.123. The predicted molar refractivity (Wildman–Crippen MR) is 125 cm³/mol. The van der Waals surface area contributed by atoms with E-state index in [0.717, 1.165) is 0 Å². The quantitative estimate of drug-likeness (QED) is 0.449. The number of benzene rings is 3. The highest BCUT2D eigenvalue weighted by Crippen LogP contribution is 2.39. The molecule has 178 valence electrons. The molecule has 0 bridgehead atoms. The molecule has 1 aliphatic rings. The van der Waals surface area contributed by atoms with E-state index in [1.54, 1.807) is 65.5 Å². The van der Waals surface area contributed by atoms with Gasteiger partial charge in [0.1, 0.15) is 5.82 Å². The smallest absolute Gasteiger partial charge is 0.321 e. The van der Waals surface area contributed by atoms with Crippen molar-refractivity contribution in [3.63, 3.8) is 0 Å². The lowest BCUT2D eigenvalue weighted by Gasteiger charge is -2.29. The lowest BCUT2D eigenvalue weighted by Crippen LogP contribution is -2.46. The Morgan fingerprint density at radius 2 is 1.80 bits per heavy atom. The van der Waals surface area contributed by atoms with Gasteiger partial charge < -0.3 is 10.2 Å². The highest BCUT2D eigenvalue weighted by atomic mass is 19.3. The van der Waals surface area contributed by atoms with Crippen LogP contribution in [0.3, 0.4) is 0 Å². The second kappa shape index (κ2) is 8.57. The third-order valence-electron chi connectivity index (χ3n) is 6.06. The molecule has 0 radical (unpaired) electrons. The van der Waals surface area contributed by atoms with Gasteiger partial charge in [-0.15, -0.1) is 0 Å². The summed E-state index contributed by atoms with van der Waals surface area (Å²) in [6.45, 7) is 0.526. The number of hydrogen-bond donors (Lipinski definition) is 1. The van der Waals surface area contributed by atoms with Crippen LogP contribution in [0.25, 0.3) is 16.6 Å². The summed E-state index contributed by atoms with van der Waals surface area (Å²) in [5, 5.41) is 7.43. The Labute approximate surface area is 199 Å². The fraction of sp³-hybridized carbons (Fsp3) is 0.192. The maximum Gasteiger partial charge on any atom is 0.321 e. The molecule has 4 aromatic rings. The summed E-state index contributed by atoms with van der Waals surface area (Å²) >= 11 is 0. The van der Waals surface area contributed by atoms with E-state index >= 15 is 0 Å². The van der Waals surface area contributed by atoms with Gasteiger partial charge in [0.2, 0.25) is 5.91 Å². The van der Waals surface area contributed by atoms with E-state index in [4.69, 9.17) is 0 Å². The number of aromatic nitrogens is 2. The van der Waals surface area contributed by atoms with Gasteiger partial charge in [-0.25, -0.2) is 9.07 Å². The van der Waals surface area contributed by atoms with E-state index in [2.05, 4.69) is 10.4 Å². The molecule has 1 fully saturated rings. The zero-order valence-electron chi connectivity index (χ0n) is 18.7. The number of rotatable bonds is 5. The first-order valence-electron chi connectivity index (χ1n) is 11.0. The number of carbonyl (C=O) groups is 2. The standard InChI is InChI=1S/C26H21F3N4O2/c1-26(28,29)25(35)31-21-14-23(34)32(24(21)16-6-3-2-4-7-16)19-10-11-22-17(12-19)15-30-33(22)20-9-5-8-18(27)13-20/h2-13,15,21,24H,14H2,1H3,(H,31,35)/t21-,24?/m0/s1. The number of alkyl halides is 2. The monoisotopic (exact) mass is 478 g/mol. The molecule has 2 atom stereocenters. The van der Waals surface area contributed by atoms with Crippen LogP contribution in [0.4, 0.5) is 18.9 Å². The molecule has 35 heavy (non-hydrogen) atoms. The average molecular weight is 478 g/mol. The molecular formula is C26H21F3N4O2. The Bertz CT molecular complexity index is 1420. The van der Waals surface area contributed by atoms with E-state index < -0.39 is 23.9 Å². The van der Waals surface area contributed by atoms with E-state index in [0.29, 0.717) is 34.8 Å². The van der Waals surface area contributed by atoms with Gasteiger partial charge in [-0.1, -0.05) is 36.4 Å². The van der Waals surface area contributed by atoms with E-state index in [9.17, 15) is 22.8 Å². The van der Waals surface area contributed by atoms with Crippen molar-refractivity contribution in [1.82, 2.24) is 15.1 Å². The van der Waals surface area contributed by atoms with Crippen LogP contribution < -0.4 is 10.2 Å². The van der Waals surface area contributed by atoms with Crippen molar-refractivity contribution in [2.24, 2.45) is 0 Å². The first-order valence-corrected chi connectivity index (χ1v) is 11.0. The molecular weight excluding hydrogens is 457 g/mol. The molecule has 2 heterocycles. The maximum atomic E-state index is 13.7. The fourth-order valence-corrected chi connectivity index (χ4v) is 4.48. The van der Waals surface area contributed by atoms with Crippen LogP contribution in [0, 0.1) is 5.82 Å². The Hall–Kier alpha value is -4.14. The first-order chi connectivity index (χ1) is 16.7. The van der Waals surface area contributed by atoms with Crippen LogP contribution in [0.15, 0.2) is 79.0 Å².